The molecule has 1 aliphatic carbocycles. The lowest BCUT2D eigenvalue weighted by Crippen LogP contribution is -2.75. The average Bonchev–Trinajstić information content (AvgIpc) is 2.83. The van der Waals surface area contributed by atoms with Gasteiger partial charge in [-0.1, -0.05) is 32.6 Å². The monoisotopic (exact) mass is 449 g/mol. The van der Waals surface area contributed by atoms with Gasteiger partial charge in [0.2, 0.25) is 11.8 Å². The van der Waals surface area contributed by atoms with Crippen molar-refractivity contribution in [3.8, 4) is 0 Å². The summed E-state index contributed by atoms with van der Waals surface area (Å²) in [7, 11) is 0. The molecule has 3 aliphatic heterocycles. The zero-order valence-corrected chi connectivity index (χ0v) is 19.9. The van der Waals surface area contributed by atoms with E-state index in [9.17, 15) is 14.7 Å². The zero-order valence-electron chi connectivity index (χ0n) is 19.9. The summed E-state index contributed by atoms with van der Waals surface area (Å²) < 4.78 is 5.49. The number of piperidine rings is 1. The molecule has 0 unspecified atom stereocenters. The molecule has 2 atom stereocenters. The number of hydrogen-bond donors (Lipinski definition) is 2. The number of aliphatic hydroxyl groups is 1. The van der Waals surface area contributed by atoms with Crippen LogP contribution in [-0.4, -0.2) is 83.8 Å². The van der Waals surface area contributed by atoms with E-state index in [0.717, 1.165) is 84.2 Å². The smallest absolute Gasteiger partial charge is 0.248 e. The van der Waals surface area contributed by atoms with Crippen molar-refractivity contribution in [1.82, 2.24) is 15.1 Å². The van der Waals surface area contributed by atoms with E-state index in [0.29, 0.717) is 25.3 Å². The van der Waals surface area contributed by atoms with Crippen molar-refractivity contribution < 1.29 is 19.4 Å². The molecule has 0 aromatic carbocycles. The molecule has 3 saturated heterocycles. The van der Waals surface area contributed by atoms with Gasteiger partial charge in [0.15, 0.2) is 0 Å². The Hall–Kier alpha value is -1.18. The van der Waals surface area contributed by atoms with Crippen LogP contribution in [0.3, 0.4) is 0 Å². The minimum Gasteiger partial charge on any atom is -0.390 e. The molecule has 1 spiro atoms. The first-order valence-electron chi connectivity index (χ1n) is 13.2. The van der Waals surface area contributed by atoms with Crippen LogP contribution in [0.2, 0.25) is 0 Å². The largest absolute Gasteiger partial charge is 0.390 e. The maximum atomic E-state index is 13.7. The van der Waals surface area contributed by atoms with Crippen LogP contribution in [-0.2, 0) is 14.3 Å². The normalized spacial score (nSPS) is 29.3. The SMILES string of the molecule is CCCCN1C(=O)[C@@H]([C@H](O)C2CCCCC2)NC(=O)C12CCN(CC1CCOCC1)CC2. The Kier molecular flexibility index (Phi) is 8.11. The van der Waals surface area contributed by atoms with Crippen LogP contribution < -0.4 is 5.32 Å². The van der Waals surface area contributed by atoms with E-state index in [2.05, 4.69) is 17.1 Å². The van der Waals surface area contributed by atoms with Gasteiger partial charge in [0, 0.05) is 39.4 Å². The number of ether oxygens (including phenoxy) is 1. The maximum absolute atomic E-state index is 13.7. The van der Waals surface area contributed by atoms with Gasteiger partial charge in [-0.25, -0.2) is 0 Å². The van der Waals surface area contributed by atoms with E-state index in [-0.39, 0.29) is 17.7 Å². The number of hydrogen-bond acceptors (Lipinski definition) is 5. The van der Waals surface area contributed by atoms with Crippen molar-refractivity contribution in [2.45, 2.75) is 95.2 Å². The molecule has 1 saturated carbocycles. The molecule has 0 aromatic rings. The average molecular weight is 450 g/mol. The molecule has 2 N–H and O–H groups in total. The Morgan fingerprint density at radius 3 is 2.44 bits per heavy atom. The van der Waals surface area contributed by atoms with E-state index in [4.69, 9.17) is 4.74 Å². The summed E-state index contributed by atoms with van der Waals surface area (Å²) in [4.78, 5) is 31.5. The number of amides is 2. The van der Waals surface area contributed by atoms with Gasteiger partial charge < -0.3 is 25.0 Å². The number of aliphatic hydroxyl groups excluding tert-OH is 1. The van der Waals surface area contributed by atoms with Gasteiger partial charge in [-0.2, -0.15) is 0 Å². The number of piperazine rings is 1. The Bertz CT molecular complexity index is 637. The molecule has 7 heteroatoms. The van der Waals surface area contributed by atoms with Crippen molar-refractivity contribution in [2.75, 3.05) is 39.4 Å². The van der Waals surface area contributed by atoms with Crippen molar-refractivity contribution in [2.24, 2.45) is 11.8 Å². The van der Waals surface area contributed by atoms with Crippen LogP contribution in [0.5, 0.6) is 0 Å². The molecular weight excluding hydrogens is 406 g/mol. The number of carbonyl (C=O) groups excluding carboxylic acids is 2. The van der Waals surface area contributed by atoms with Gasteiger partial charge in [0.25, 0.3) is 0 Å². The molecule has 4 aliphatic rings. The molecule has 4 fully saturated rings. The summed E-state index contributed by atoms with van der Waals surface area (Å²) in [5, 5.41) is 14.1. The summed E-state index contributed by atoms with van der Waals surface area (Å²) in [6.07, 6.45) is 9.98. The molecule has 32 heavy (non-hydrogen) atoms. The maximum Gasteiger partial charge on any atom is 0.248 e. The second kappa shape index (κ2) is 10.8. The number of rotatable bonds is 7. The molecule has 0 aromatic heterocycles. The minimum atomic E-state index is -0.784. The molecular formula is C25H43N3O4. The van der Waals surface area contributed by atoms with E-state index in [1.165, 1.54) is 6.42 Å². The van der Waals surface area contributed by atoms with E-state index in [1.54, 1.807) is 0 Å². The summed E-state index contributed by atoms with van der Waals surface area (Å²) in [5.74, 6) is 0.681. The quantitative estimate of drug-likeness (QED) is 0.623. The molecule has 7 nitrogen and oxygen atoms in total. The van der Waals surface area contributed by atoms with Gasteiger partial charge in [-0.05, 0) is 56.8 Å². The lowest BCUT2D eigenvalue weighted by atomic mass is 9.77. The highest BCUT2D eigenvalue weighted by molar-refractivity contribution is 6.00. The topological polar surface area (TPSA) is 82.1 Å². The number of nitrogens with one attached hydrogen (secondary N) is 1. The van der Waals surface area contributed by atoms with Crippen LogP contribution in [0.15, 0.2) is 0 Å². The molecule has 182 valence electrons. The molecule has 3 heterocycles. The van der Waals surface area contributed by atoms with Crippen LogP contribution in [0.1, 0.15) is 77.6 Å². The standard InChI is InChI=1S/C25H43N3O4/c1-2-3-13-28-23(30)21(22(29)20-7-5-4-6-8-20)26-24(31)25(28)11-14-27(15-12-25)18-19-9-16-32-17-10-19/h19-22,29H,2-18H2,1H3,(H,26,31)/t21-,22-/m1/s1. The Morgan fingerprint density at radius 1 is 1.09 bits per heavy atom. The third kappa shape index (κ3) is 5.00. The Balaban J connectivity index is 1.44. The lowest BCUT2D eigenvalue weighted by molar-refractivity contribution is -0.166. The van der Waals surface area contributed by atoms with Gasteiger partial charge in [0.05, 0.1) is 6.10 Å². The third-order valence-corrected chi connectivity index (χ3v) is 8.51. The molecule has 2 amide bonds. The number of likely N-dealkylation sites (tertiary alicyclic amines) is 1. The van der Waals surface area contributed by atoms with Crippen LogP contribution in [0, 0.1) is 11.8 Å². The van der Waals surface area contributed by atoms with E-state index in [1.807, 2.05) is 4.90 Å². The van der Waals surface area contributed by atoms with Gasteiger partial charge in [-0.15, -0.1) is 0 Å². The highest BCUT2D eigenvalue weighted by atomic mass is 16.5. The fourth-order valence-corrected chi connectivity index (χ4v) is 6.36. The van der Waals surface area contributed by atoms with Crippen molar-refractivity contribution in [3.05, 3.63) is 0 Å². The lowest BCUT2D eigenvalue weighted by Gasteiger charge is -2.53. The molecule has 0 radical (unpaired) electrons. The van der Waals surface area contributed by atoms with Gasteiger partial charge >= 0.3 is 0 Å². The minimum absolute atomic E-state index is 0.0428. The summed E-state index contributed by atoms with van der Waals surface area (Å²) in [6, 6.07) is -0.784. The second-order valence-corrected chi connectivity index (χ2v) is 10.6. The fraction of sp³-hybridized carbons (Fsp3) is 0.920. The van der Waals surface area contributed by atoms with Gasteiger partial charge in [0.1, 0.15) is 11.6 Å². The molecule has 4 rings (SSSR count). The Morgan fingerprint density at radius 2 is 1.78 bits per heavy atom. The van der Waals surface area contributed by atoms with Crippen LogP contribution in [0.4, 0.5) is 0 Å². The predicted molar refractivity (Wildman–Crippen MR) is 123 cm³/mol. The Labute approximate surface area is 193 Å². The summed E-state index contributed by atoms with van der Waals surface area (Å²) >= 11 is 0. The molecule has 0 bridgehead atoms. The highest BCUT2D eigenvalue weighted by Gasteiger charge is 2.55. The van der Waals surface area contributed by atoms with Crippen molar-refractivity contribution in [1.29, 1.82) is 0 Å². The number of carbonyl (C=O) groups is 2. The summed E-state index contributed by atoms with van der Waals surface area (Å²) in [6.45, 7) is 7.19. The van der Waals surface area contributed by atoms with Gasteiger partial charge in [-0.3, -0.25) is 9.59 Å². The number of nitrogens with zero attached hydrogens (tertiary/aromatic N) is 2. The first kappa shape index (κ1) is 24.0. The van der Waals surface area contributed by atoms with Crippen molar-refractivity contribution >= 4 is 11.8 Å². The van der Waals surface area contributed by atoms with E-state index >= 15 is 0 Å². The zero-order chi connectivity index (χ0) is 22.6. The first-order chi connectivity index (χ1) is 15.5. The second-order valence-electron chi connectivity index (χ2n) is 10.6. The van der Waals surface area contributed by atoms with Crippen LogP contribution >= 0.6 is 0 Å². The summed E-state index contributed by atoms with van der Waals surface area (Å²) in [5.41, 5.74) is -0.749. The third-order valence-electron chi connectivity index (χ3n) is 8.51. The predicted octanol–water partition coefficient (Wildman–Crippen LogP) is 2.32. The van der Waals surface area contributed by atoms with E-state index < -0.39 is 17.7 Å². The van der Waals surface area contributed by atoms with Crippen LogP contribution in [0.25, 0.3) is 0 Å². The van der Waals surface area contributed by atoms with Crippen molar-refractivity contribution in [3.63, 3.8) is 0 Å². The number of unbranched alkanes of at least 4 members (excludes halogenated alkanes) is 1. The first-order valence-corrected chi connectivity index (χ1v) is 13.2. The highest BCUT2D eigenvalue weighted by Crippen LogP contribution is 2.36. The fourth-order valence-electron chi connectivity index (χ4n) is 6.36.